The van der Waals surface area contributed by atoms with E-state index in [2.05, 4.69) is 42.3 Å². The Labute approximate surface area is 152 Å². The van der Waals surface area contributed by atoms with Gasteiger partial charge in [0, 0.05) is 31.0 Å². The molecule has 0 spiro atoms. The van der Waals surface area contributed by atoms with Crippen LogP contribution in [-0.2, 0) is 4.74 Å². The summed E-state index contributed by atoms with van der Waals surface area (Å²) >= 11 is 1.55. The van der Waals surface area contributed by atoms with E-state index in [4.69, 9.17) is 4.74 Å². The van der Waals surface area contributed by atoms with Crippen LogP contribution in [0.1, 0.15) is 52.9 Å². The van der Waals surface area contributed by atoms with Crippen LogP contribution in [0.15, 0.2) is 30.3 Å². The van der Waals surface area contributed by atoms with Gasteiger partial charge in [0.1, 0.15) is 0 Å². The predicted molar refractivity (Wildman–Crippen MR) is 106 cm³/mol. The second-order valence-corrected chi connectivity index (χ2v) is 8.23. The summed E-state index contributed by atoms with van der Waals surface area (Å²) < 4.78 is 12.9. The third-order valence-electron chi connectivity index (χ3n) is 4.72. The highest BCUT2D eigenvalue weighted by atomic mass is 32.2. The molecule has 0 radical (unpaired) electrons. The zero-order valence-electron chi connectivity index (χ0n) is 15.5. The highest BCUT2D eigenvalue weighted by Crippen LogP contribution is 2.34. The van der Waals surface area contributed by atoms with E-state index in [0.717, 1.165) is 43.0 Å². The van der Waals surface area contributed by atoms with Crippen LogP contribution in [-0.4, -0.2) is 19.3 Å². The molecule has 3 nitrogen and oxygen atoms in total. The normalized spacial score (nSPS) is 24.2. The van der Waals surface area contributed by atoms with Crippen molar-refractivity contribution in [2.45, 2.75) is 59.0 Å². The van der Waals surface area contributed by atoms with Gasteiger partial charge in [-0.25, -0.2) is 4.72 Å². The van der Waals surface area contributed by atoms with Crippen LogP contribution in [0.5, 0.6) is 0 Å². The van der Waals surface area contributed by atoms with E-state index in [1.54, 1.807) is 12.1 Å². The van der Waals surface area contributed by atoms with E-state index in [0.29, 0.717) is 6.10 Å². The molecule has 1 fully saturated rings. The quantitative estimate of drug-likeness (QED) is 0.431. The van der Waals surface area contributed by atoms with E-state index in [1.807, 2.05) is 18.2 Å². The van der Waals surface area contributed by atoms with Gasteiger partial charge in [-0.2, -0.15) is 0 Å². The number of rotatable bonds is 10. The van der Waals surface area contributed by atoms with Gasteiger partial charge < -0.3 is 9.46 Å². The van der Waals surface area contributed by atoms with Gasteiger partial charge >= 0.3 is 0 Å². The molecule has 3 unspecified atom stereocenters. The molecule has 1 aromatic carbocycles. The number of hydrogen-bond acceptors (Lipinski definition) is 4. The van der Waals surface area contributed by atoms with E-state index in [9.17, 15) is 0 Å². The van der Waals surface area contributed by atoms with Crippen molar-refractivity contribution in [1.82, 2.24) is 4.72 Å². The summed E-state index contributed by atoms with van der Waals surface area (Å²) in [5.41, 5.74) is 1.12. The van der Waals surface area contributed by atoms with Gasteiger partial charge in [0.2, 0.25) is 0 Å². The zero-order valence-corrected chi connectivity index (χ0v) is 16.3. The lowest BCUT2D eigenvalue weighted by Gasteiger charge is -2.35. The summed E-state index contributed by atoms with van der Waals surface area (Å²) in [6.45, 7) is 8.88. The molecule has 0 bridgehead atoms. The van der Waals surface area contributed by atoms with Crippen LogP contribution < -0.4 is 9.44 Å². The fourth-order valence-corrected chi connectivity index (χ4v) is 4.15. The number of para-hydroxylation sites is 1. The zero-order chi connectivity index (χ0) is 17.2. The number of hydrogen-bond donors (Lipinski definition) is 2. The SMILES string of the molecule is CC(C)CC1CC(C)CCC1OCCCNSNc1ccccc1. The average Bonchev–Trinajstić information content (AvgIpc) is 2.56. The topological polar surface area (TPSA) is 33.3 Å². The Hall–Kier alpha value is -0.710. The monoisotopic (exact) mass is 350 g/mol. The Bertz CT molecular complexity index is 439. The molecule has 0 heterocycles. The highest BCUT2D eigenvalue weighted by Gasteiger charge is 2.29. The van der Waals surface area contributed by atoms with Crippen molar-refractivity contribution < 1.29 is 4.74 Å². The summed E-state index contributed by atoms with van der Waals surface area (Å²) in [4.78, 5) is 0. The molecule has 1 aliphatic carbocycles. The summed E-state index contributed by atoms with van der Waals surface area (Å²) in [5.74, 6) is 2.40. The van der Waals surface area contributed by atoms with Gasteiger partial charge in [0.15, 0.2) is 0 Å². The van der Waals surface area contributed by atoms with Gasteiger partial charge in [-0.05, 0) is 62.0 Å². The lowest BCUT2D eigenvalue weighted by molar-refractivity contribution is -0.0277. The summed E-state index contributed by atoms with van der Waals surface area (Å²) in [5, 5.41) is 0. The number of anilines is 1. The molecule has 1 aromatic rings. The summed E-state index contributed by atoms with van der Waals surface area (Å²) in [7, 11) is 0. The van der Waals surface area contributed by atoms with Crippen molar-refractivity contribution in [2.24, 2.45) is 17.8 Å². The fourth-order valence-electron chi connectivity index (χ4n) is 3.58. The Kier molecular flexibility index (Phi) is 9.00. The third-order valence-corrected chi connectivity index (χ3v) is 5.41. The molecule has 1 aliphatic rings. The summed E-state index contributed by atoms with van der Waals surface area (Å²) in [6, 6.07) is 10.2. The molecule has 4 heteroatoms. The van der Waals surface area contributed by atoms with Crippen LogP contribution in [0.25, 0.3) is 0 Å². The predicted octanol–water partition coefficient (Wildman–Crippen LogP) is 5.51. The van der Waals surface area contributed by atoms with Crippen LogP contribution in [0, 0.1) is 17.8 Å². The molecule has 136 valence electrons. The molecule has 2 rings (SSSR count). The maximum atomic E-state index is 6.24. The second kappa shape index (κ2) is 11.0. The largest absolute Gasteiger partial charge is 0.378 e. The van der Waals surface area contributed by atoms with Gasteiger partial charge in [-0.15, -0.1) is 0 Å². The summed E-state index contributed by atoms with van der Waals surface area (Å²) in [6.07, 6.45) is 6.77. The third kappa shape index (κ3) is 7.45. The van der Waals surface area contributed by atoms with Gasteiger partial charge in [0.25, 0.3) is 0 Å². The molecule has 0 saturated heterocycles. The molecule has 0 aromatic heterocycles. The lowest BCUT2D eigenvalue weighted by Crippen LogP contribution is -2.32. The lowest BCUT2D eigenvalue weighted by atomic mass is 9.76. The van der Waals surface area contributed by atoms with Crippen LogP contribution >= 0.6 is 12.1 Å². The molecular formula is C20H34N2OS. The molecule has 0 aliphatic heterocycles. The minimum atomic E-state index is 0.485. The Morgan fingerprint density at radius 2 is 2.00 bits per heavy atom. The molecule has 1 saturated carbocycles. The van der Waals surface area contributed by atoms with Gasteiger partial charge in [0.05, 0.1) is 6.10 Å². The van der Waals surface area contributed by atoms with E-state index < -0.39 is 0 Å². The standard InChI is InChI=1S/C20H34N2OS/c1-16(2)14-18-15-17(3)10-11-20(18)23-13-7-12-21-24-22-19-8-5-4-6-9-19/h4-6,8-9,16-18,20-22H,7,10-15H2,1-3H3. The first-order valence-electron chi connectivity index (χ1n) is 9.46. The molecule has 0 amide bonds. The highest BCUT2D eigenvalue weighted by molar-refractivity contribution is 7.98. The maximum Gasteiger partial charge on any atom is 0.0603 e. The number of benzene rings is 1. The van der Waals surface area contributed by atoms with Crippen molar-refractivity contribution in [3.8, 4) is 0 Å². The minimum absolute atomic E-state index is 0.485. The van der Waals surface area contributed by atoms with E-state index in [-0.39, 0.29) is 0 Å². The first-order chi connectivity index (χ1) is 11.6. The van der Waals surface area contributed by atoms with Crippen LogP contribution in [0.3, 0.4) is 0 Å². The van der Waals surface area contributed by atoms with Crippen LogP contribution in [0.2, 0.25) is 0 Å². The van der Waals surface area contributed by atoms with Crippen molar-refractivity contribution in [3.05, 3.63) is 30.3 Å². The molecular weight excluding hydrogens is 316 g/mol. The molecule has 3 atom stereocenters. The maximum absolute atomic E-state index is 6.24. The fraction of sp³-hybridized carbons (Fsp3) is 0.700. The minimum Gasteiger partial charge on any atom is -0.378 e. The Balaban J connectivity index is 1.55. The van der Waals surface area contributed by atoms with Crippen molar-refractivity contribution in [1.29, 1.82) is 0 Å². The van der Waals surface area contributed by atoms with Crippen molar-refractivity contribution in [3.63, 3.8) is 0 Å². The van der Waals surface area contributed by atoms with Crippen molar-refractivity contribution in [2.75, 3.05) is 17.9 Å². The molecule has 2 N–H and O–H groups in total. The Morgan fingerprint density at radius 3 is 2.75 bits per heavy atom. The van der Waals surface area contributed by atoms with Gasteiger partial charge in [-0.1, -0.05) is 39.0 Å². The van der Waals surface area contributed by atoms with Gasteiger partial charge in [-0.3, -0.25) is 0 Å². The first-order valence-corrected chi connectivity index (χ1v) is 10.3. The van der Waals surface area contributed by atoms with Crippen molar-refractivity contribution >= 4 is 17.8 Å². The van der Waals surface area contributed by atoms with Crippen LogP contribution in [0.4, 0.5) is 5.69 Å². The first kappa shape index (κ1) is 19.6. The number of nitrogens with one attached hydrogen (secondary N) is 2. The molecule has 24 heavy (non-hydrogen) atoms. The Morgan fingerprint density at radius 1 is 1.21 bits per heavy atom. The average molecular weight is 351 g/mol. The smallest absolute Gasteiger partial charge is 0.0603 e. The number of ether oxygens (including phenoxy) is 1. The van der Waals surface area contributed by atoms with E-state index >= 15 is 0 Å². The van der Waals surface area contributed by atoms with E-state index in [1.165, 1.54) is 25.7 Å². The second-order valence-electron chi connectivity index (χ2n) is 7.54.